The van der Waals surface area contributed by atoms with Gasteiger partial charge in [0.25, 0.3) is 0 Å². The lowest BCUT2D eigenvalue weighted by atomic mass is 9.83. The number of imide groups is 1. The number of nitrogens with one attached hydrogen (secondary N) is 2. The van der Waals surface area contributed by atoms with E-state index in [-0.39, 0.29) is 11.4 Å². The number of carbonyl (C=O) groups is 3. The number of aromatic hydroxyl groups is 1. The first-order valence-corrected chi connectivity index (χ1v) is 12.2. The molecule has 1 aromatic heterocycles. The van der Waals surface area contributed by atoms with Gasteiger partial charge >= 0.3 is 11.0 Å². The topological polar surface area (TPSA) is 118 Å². The van der Waals surface area contributed by atoms with Crippen molar-refractivity contribution in [1.29, 1.82) is 0 Å². The Morgan fingerprint density at radius 1 is 1.08 bits per heavy atom. The van der Waals surface area contributed by atoms with Gasteiger partial charge < -0.3 is 10.4 Å². The zero-order valence-corrected chi connectivity index (χ0v) is 19.7. The van der Waals surface area contributed by atoms with Crippen LogP contribution in [0.4, 0.5) is 18.9 Å². The predicted octanol–water partition coefficient (Wildman–Crippen LogP) is 3.15. The maximum absolute atomic E-state index is 13.0. The number of hydrogen-bond donors (Lipinski definition) is 3. The molecule has 0 spiro atoms. The van der Waals surface area contributed by atoms with Gasteiger partial charge in [-0.05, 0) is 35.9 Å². The summed E-state index contributed by atoms with van der Waals surface area (Å²) in [5.41, 5.74) is -0.404. The third-order valence-electron chi connectivity index (χ3n) is 5.92. The molecule has 186 valence electrons. The van der Waals surface area contributed by atoms with E-state index in [0.29, 0.717) is 15.5 Å². The molecule has 3 aromatic rings. The number of halogens is 3. The summed E-state index contributed by atoms with van der Waals surface area (Å²) in [6.45, 7) is -0.497. The first kappa shape index (κ1) is 24.1. The van der Waals surface area contributed by atoms with Crippen LogP contribution in [0, 0.1) is 5.92 Å². The summed E-state index contributed by atoms with van der Waals surface area (Å²) < 4.78 is 40.1. The largest absolute Gasteiger partial charge is 0.508 e. The van der Waals surface area contributed by atoms with Crippen LogP contribution in [-0.2, 0) is 27.1 Å². The van der Waals surface area contributed by atoms with Crippen LogP contribution in [0.3, 0.4) is 0 Å². The number of hydrogen-bond acceptors (Lipinski definition) is 7. The minimum absolute atomic E-state index is 0.00433. The highest BCUT2D eigenvalue weighted by atomic mass is 32.2. The third-order valence-corrected chi connectivity index (χ3v) is 8.53. The molecule has 0 saturated carbocycles. The normalized spacial score (nSPS) is 21.0. The Labute approximate surface area is 209 Å². The molecule has 36 heavy (non-hydrogen) atoms. The quantitative estimate of drug-likeness (QED) is 0.442. The van der Waals surface area contributed by atoms with E-state index in [9.17, 15) is 37.5 Å². The van der Waals surface area contributed by atoms with Crippen molar-refractivity contribution in [3.05, 3.63) is 74.2 Å². The number of phenolic OH excluding ortho intramolecular Hbond substituents is 1. The van der Waals surface area contributed by atoms with Crippen LogP contribution in [0.5, 0.6) is 5.75 Å². The lowest BCUT2D eigenvalue weighted by Gasteiger charge is -2.30. The Morgan fingerprint density at radius 2 is 1.81 bits per heavy atom. The Kier molecular flexibility index (Phi) is 5.91. The number of benzene rings is 2. The molecule has 1 fully saturated rings. The molecule has 13 heteroatoms. The van der Waals surface area contributed by atoms with E-state index in [0.717, 1.165) is 45.9 Å². The zero-order valence-electron chi connectivity index (χ0n) is 18.0. The molecule has 3 atom stereocenters. The highest BCUT2D eigenvalue weighted by Crippen LogP contribution is 2.51. The summed E-state index contributed by atoms with van der Waals surface area (Å²) in [4.78, 5) is 50.7. The van der Waals surface area contributed by atoms with Gasteiger partial charge in [0.2, 0.25) is 17.7 Å². The van der Waals surface area contributed by atoms with Crippen molar-refractivity contribution in [3.63, 3.8) is 0 Å². The van der Waals surface area contributed by atoms with Crippen molar-refractivity contribution in [2.24, 2.45) is 5.92 Å². The number of phenols is 1. The van der Waals surface area contributed by atoms with Gasteiger partial charge in [0.05, 0.1) is 16.5 Å². The van der Waals surface area contributed by atoms with Crippen LogP contribution >= 0.6 is 23.1 Å². The maximum Gasteiger partial charge on any atom is 0.416 e. The van der Waals surface area contributed by atoms with Gasteiger partial charge in [0, 0.05) is 16.5 Å². The number of aromatic nitrogens is 1. The summed E-state index contributed by atoms with van der Waals surface area (Å²) >= 11 is 1.84. The van der Waals surface area contributed by atoms with E-state index >= 15 is 0 Å². The third kappa shape index (κ3) is 4.28. The SMILES string of the molecule is O=C(Cn1c2c(sc1=O)C(c1ccc(O)cc1)C1C(=O)NC(=O)C1S2)Nc1cccc(C(F)(F)F)c1. The smallest absolute Gasteiger partial charge is 0.416 e. The summed E-state index contributed by atoms with van der Waals surface area (Å²) in [6.07, 6.45) is -4.58. The van der Waals surface area contributed by atoms with E-state index in [4.69, 9.17) is 0 Å². The molecular weight excluding hydrogens is 519 g/mol. The number of thiazole rings is 1. The van der Waals surface area contributed by atoms with Crippen molar-refractivity contribution >= 4 is 46.5 Å². The molecule has 5 rings (SSSR count). The average molecular weight is 536 g/mol. The average Bonchev–Trinajstić information content (AvgIpc) is 3.27. The van der Waals surface area contributed by atoms with Crippen molar-refractivity contribution in [2.75, 3.05) is 5.32 Å². The Balaban J connectivity index is 1.49. The van der Waals surface area contributed by atoms with Gasteiger partial charge in [0.1, 0.15) is 17.5 Å². The molecule has 2 aromatic carbocycles. The first-order chi connectivity index (χ1) is 17.0. The van der Waals surface area contributed by atoms with Gasteiger partial charge in [-0.3, -0.25) is 29.1 Å². The second-order valence-corrected chi connectivity index (χ2v) is 10.4. The zero-order chi connectivity index (χ0) is 25.8. The second kappa shape index (κ2) is 8.82. The van der Waals surface area contributed by atoms with Crippen LogP contribution in [0.15, 0.2) is 58.4 Å². The lowest BCUT2D eigenvalue weighted by molar-refractivity contribution is -0.137. The van der Waals surface area contributed by atoms with Crippen molar-refractivity contribution in [3.8, 4) is 5.75 Å². The second-order valence-electron chi connectivity index (χ2n) is 8.24. The van der Waals surface area contributed by atoms with E-state index < -0.39 is 58.0 Å². The van der Waals surface area contributed by atoms with Gasteiger partial charge in [-0.2, -0.15) is 13.2 Å². The van der Waals surface area contributed by atoms with Gasteiger partial charge in [0.15, 0.2) is 0 Å². The number of thioether (sulfide) groups is 1. The molecule has 1 saturated heterocycles. The summed E-state index contributed by atoms with van der Waals surface area (Å²) in [6, 6.07) is 10.2. The minimum atomic E-state index is -4.58. The van der Waals surface area contributed by atoms with Gasteiger partial charge in [-0.1, -0.05) is 41.3 Å². The molecule has 0 aliphatic carbocycles. The highest BCUT2D eigenvalue weighted by molar-refractivity contribution is 8.00. The van der Waals surface area contributed by atoms with Crippen LogP contribution in [-0.4, -0.2) is 32.6 Å². The van der Waals surface area contributed by atoms with Crippen molar-refractivity contribution < 1.29 is 32.7 Å². The first-order valence-electron chi connectivity index (χ1n) is 10.5. The van der Waals surface area contributed by atoms with Gasteiger partial charge in [-0.15, -0.1) is 0 Å². The maximum atomic E-state index is 13.0. The van der Waals surface area contributed by atoms with Gasteiger partial charge in [-0.25, -0.2) is 0 Å². The van der Waals surface area contributed by atoms with Crippen LogP contribution in [0.25, 0.3) is 0 Å². The molecule has 3 heterocycles. The van der Waals surface area contributed by atoms with Crippen molar-refractivity contribution in [1.82, 2.24) is 9.88 Å². The fraction of sp³-hybridized carbons (Fsp3) is 0.217. The van der Waals surface area contributed by atoms with E-state index in [1.165, 1.54) is 18.2 Å². The molecule has 3 amide bonds. The highest BCUT2D eigenvalue weighted by Gasteiger charge is 2.52. The molecule has 0 radical (unpaired) electrons. The van der Waals surface area contributed by atoms with Crippen LogP contribution < -0.4 is 15.5 Å². The van der Waals surface area contributed by atoms with E-state index in [1.54, 1.807) is 12.1 Å². The molecule has 8 nitrogen and oxygen atoms in total. The van der Waals surface area contributed by atoms with E-state index in [1.807, 2.05) is 0 Å². The number of fused-ring (bicyclic) bond motifs is 2. The molecule has 2 aliphatic rings. The van der Waals surface area contributed by atoms with Crippen LogP contribution in [0.2, 0.25) is 0 Å². The minimum Gasteiger partial charge on any atom is -0.508 e. The lowest BCUT2D eigenvalue weighted by Crippen LogP contribution is -2.32. The standard InChI is InChI=1S/C23H16F3N3O5S2/c24-23(25,26)11-2-1-3-12(8-11)27-14(31)9-29-21-18(36-22(29)34)15(10-4-6-13(30)7-5-10)16-17(35-21)20(33)28-19(16)32/h1-8,15-17,30H,9H2,(H,27,31)(H,28,32,33). The Hall–Kier alpha value is -3.58. The fourth-order valence-corrected chi connectivity index (χ4v) is 7.07. The summed E-state index contributed by atoms with van der Waals surface area (Å²) in [7, 11) is 0. The summed E-state index contributed by atoms with van der Waals surface area (Å²) in [5.74, 6) is -3.16. The summed E-state index contributed by atoms with van der Waals surface area (Å²) in [5, 5.41) is 13.9. The number of amides is 3. The number of carbonyl (C=O) groups excluding carboxylic acids is 3. The molecule has 3 N–H and O–H groups in total. The molecule has 0 bridgehead atoms. The van der Waals surface area contributed by atoms with Crippen LogP contribution in [0.1, 0.15) is 21.9 Å². The number of alkyl halides is 3. The fourth-order valence-electron chi connectivity index (χ4n) is 4.33. The molecular formula is C23H16F3N3O5S2. The monoisotopic (exact) mass is 535 g/mol. The van der Waals surface area contributed by atoms with Crippen molar-refractivity contribution in [2.45, 2.75) is 28.9 Å². The Morgan fingerprint density at radius 3 is 2.50 bits per heavy atom. The predicted molar refractivity (Wildman–Crippen MR) is 125 cm³/mol. The molecule has 2 aliphatic heterocycles. The van der Waals surface area contributed by atoms with E-state index in [2.05, 4.69) is 10.6 Å². The number of rotatable bonds is 4. The number of anilines is 1. The number of nitrogens with zero attached hydrogens (tertiary/aromatic N) is 1. The Bertz CT molecular complexity index is 1450. The molecule has 3 unspecified atom stereocenters.